The van der Waals surface area contributed by atoms with Crippen LogP contribution in [-0.4, -0.2) is 22.0 Å². The van der Waals surface area contributed by atoms with Gasteiger partial charge in [-0.25, -0.2) is 9.97 Å². The average Bonchev–Trinajstić information content (AvgIpc) is 3.35. The van der Waals surface area contributed by atoms with Crippen molar-refractivity contribution in [1.29, 1.82) is 5.26 Å². The number of benzene rings is 1. The number of imidazole rings is 1. The van der Waals surface area contributed by atoms with Gasteiger partial charge in [-0.3, -0.25) is 0 Å². The summed E-state index contributed by atoms with van der Waals surface area (Å²) in [6, 6.07) is 11.4. The molecule has 3 aromatic heterocycles. The van der Waals surface area contributed by atoms with E-state index in [4.69, 9.17) is 23.2 Å². The van der Waals surface area contributed by atoms with Crippen LogP contribution in [0, 0.1) is 11.3 Å². The molecule has 0 amide bonds. The molecular formula is C20H13Cl2N5S. The minimum atomic E-state index is 0.479. The largest absolute Gasteiger partial charge is 0.373 e. The van der Waals surface area contributed by atoms with Gasteiger partial charge in [0.25, 0.3) is 0 Å². The minimum Gasteiger partial charge on any atom is -0.373 e. The molecule has 0 saturated heterocycles. The first-order valence-electron chi connectivity index (χ1n) is 8.28. The van der Waals surface area contributed by atoms with Gasteiger partial charge >= 0.3 is 0 Å². The van der Waals surface area contributed by atoms with E-state index in [0.29, 0.717) is 21.4 Å². The fourth-order valence-electron chi connectivity index (χ4n) is 2.96. The molecule has 28 heavy (non-hydrogen) atoms. The number of hydrogen-bond donors (Lipinski definition) is 2. The average molecular weight is 426 g/mol. The van der Waals surface area contributed by atoms with Crippen LogP contribution in [0.5, 0.6) is 0 Å². The lowest BCUT2D eigenvalue weighted by Gasteiger charge is -2.07. The topological polar surface area (TPSA) is 77.4 Å². The molecule has 0 bridgehead atoms. The van der Waals surface area contributed by atoms with Gasteiger partial charge in [-0.15, -0.1) is 11.3 Å². The number of pyridine rings is 1. The van der Waals surface area contributed by atoms with Crippen LogP contribution in [-0.2, 0) is 0 Å². The highest BCUT2D eigenvalue weighted by molar-refractivity contribution is 7.19. The lowest BCUT2D eigenvalue weighted by molar-refractivity contribution is 1.29. The summed E-state index contributed by atoms with van der Waals surface area (Å²) in [5.41, 5.74) is 2.90. The van der Waals surface area contributed by atoms with Gasteiger partial charge in [-0.2, -0.15) is 5.26 Å². The van der Waals surface area contributed by atoms with Gasteiger partial charge in [0.1, 0.15) is 17.7 Å². The van der Waals surface area contributed by atoms with E-state index in [1.54, 1.807) is 37.8 Å². The van der Waals surface area contributed by atoms with E-state index in [9.17, 15) is 5.26 Å². The highest BCUT2D eigenvalue weighted by atomic mass is 35.5. The number of aromatic nitrogens is 3. The molecule has 0 aliphatic heterocycles. The summed E-state index contributed by atoms with van der Waals surface area (Å²) in [6.45, 7) is 0. The zero-order valence-electron chi connectivity index (χ0n) is 14.6. The molecule has 3 heterocycles. The first-order valence-corrected chi connectivity index (χ1v) is 9.86. The Morgan fingerprint density at radius 2 is 1.96 bits per heavy atom. The first kappa shape index (κ1) is 18.5. The highest BCUT2D eigenvalue weighted by Crippen LogP contribution is 2.48. The van der Waals surface area contributed by atoms with Gasteiger partial charge in [0.2, 0.25) is 0 Å². The minimum absolute atomic E-state index is 0.479. The number of hydrogen-bond acceptors (Lipinski definition) is 5. The summed E-state index contributed by atoms with van der Waals surface area (Å²) in [4.78, 5) is 13.4. The predicted molar refractivity (Wildman–Crippen MR) is 115 cm³/mol. The zero-order chi connectivity index (χ0) is 19.7. The number of rotatable bonds is 4. The first-order chi connectivity index (χ1) is 13.6. The van der Waals surface area contributed by atoms with E-state index in [0.717, 1.165) is 32.3 Å². The standard InChI is InChI=1S/C20H13Cl2N5S/c1-24-16-8-11(4-5-25-16)18-14(10-23)17(13-3-2-12(21)9-15(13)22)19(28-18)20-26-6-7-27-20/h2-9H,1H3,(H,24,25)(H,26,27). The van der Waals surface area contributed by atoms with E-state index in [1.807, 2.05) is 18.2 Å². The van der Waals surface area contributed by atoms with Gasteiger partial charge < -0.3 is 10.3 Å². The number of anilines is 1. The molecule has 0 unspecified atom stereocenters. The normalized spacial score (nSPS) is 10.6. The van der Waals surface area contributed by atoms with Crippen LogP contribution >= 0.6 is 34.5 Å². The van der Waals surface area contributed by atoms with Crippen molar-refractivity contribution in [3.63, 3.8) is 0 Å². The van der Waals surface area contributed by atoms with Crippen LogP contribution in [0.4, 0.5) is 5.82 Å². The predicted octanol–water partition coefficient (Wildman–Crippen LogP) is 6.09. The van der Waals surface area contributed by atoms with Crippen molar-refractivity contribution in [2.75, 3.05) is 12.4 Å². The van der Waals surface area contributed by atoms with Crippen molar-refractivity contribution in [2.24, 2.45) is 0 Å². The summed E-state index contributed by atoms with van der Waals surface area (Å²) < 4.78 is 0. The second kappa shape index (κ2) is 7.64. The SMILES string of the molecule is CNc1cc(-c2sc(-c3ncc[nH]3)c(-c3ccc(Cl)cc3Cl)c2C#N)ccn1. The Morgan fingerprint density at radius 3 is 2.64 bits per heavy atom. The number of H-pyrrole nitrogens is 1. The number of nitrogens with zero attached hydrogens (tertiary/aromatic N) is 3. The van der Waals surface area contributed by atoms with Crippen molar-refractivity contribution >= 4 is 40.4 Å². The Kier molecular flexibility index (Phi) is 5.05. The summed E-state index contributed by atoms with van der Waals surface area (Å²) >= 11 is 14.0. The molecule has 1 aromatic carbocycles. The lowest BCUT2D eigenvalue weighted by atomic mass is 9.98. The third-order valence-corrected chi connectivity index (χ3v) is 6.01. The maximum atomic E-state index is 10.0. The third-order valence-electron chi connectivity index (χ3n) is 4.21. The molecule has 0 spiro atoms. The van der Waals surface area contributed by atoms with E-state index in [-0.39, 0.29) is 0 Å². The second-order valence-corrected chi connectivity index (χ2v) is 7.73. The molecule has 5 nitrogen and oxygen atoms in total. The Balaban J connectivity index is 2.03. The molecule has 4 aromatic rings. The molecule has 0 radical (unpaired) electrons. The molecule has 138 valence electrons. The van der Waals surface area contributed by atoms with E-state index in [2.05, 4.69) is 26.3 Å². The molecular weight excluding hydrogens is 413 g/mol. The Labute approximate surface area is 175 Å². The molecule has 0 fully saturated rings. The van der Waals surface area contributed by atoms with E-state index in [1.165, 1.54) is 11.3 Å². The Hall–Kier alpha value is -2.85. The summed E-state index contributed by atoms with van der Waals surface area (Å²) in [5, 5.41) is 14.1. The fourth-order valence-corrected chi connectivity index (χ4v) is 4.68. The Morgan fingerprint density at radius 1 is 1.11 bits per heavy atom. The number of aromatic amines is 1. The lowest BCUT2D eigenvalue weighted by Crippen LogP contribution is -1.92. The van der Waals surface area contributed by atoms with Gasteiger partial charge in [-0.1, -0.05) is 29.3 Å². The van der Waals surface area contributed by atoms with Crippen LogP contribution in [0.1, 0.15) is 5.56 Å². The van der Waals surface area contributed by atoms with Crippen LogP contribution in [0.2, 0.25) is 10.0 Å². The van der Waals surface area contributed by atoms with Gasteiger partial charge in [0.15, 0.2) is 0 Å². The zero-order valence-corrected chi connectivity index (χ0v) is 17.0. The fraction of sp³-hybridized carbons (Fsp3) is 0.0500. The van der Waals surface area contributed by atoms with Crippen LogP contribution in [0.25, 0.3) is 32.3 Å². The quantitative estimate of drug-likeness (QED) is 0.414. The number of thiophene rings is 1. The number of halogens is 2. The van der Waals surface area contributed by atoms with Gasteiger partial charge in [-0.05, 0) is 29.8 Å². The molecule has 0 aliphatic rings. The molecule has 0 aliphatic carbocycles. The highest BCUT2D eigenvalue weighted by Gasteiger charge is 2.24. The molecule has 8 heteroatoms. The molecule has 0 saturated carbocycles. The van der Waals surface area contributed by atoms with Crippen molar-refractivity contribution < 1.29 is 0 Å². The summed E-state index contributed by atoms with van der Waals surface area (Å²) in [7, 11) is 1.80. The van der Waals surface area contributed by atoms with Crippen LogP contribution in [0.15, 0.2) is 48.9 Å². The number of nitriles is 1. The van der Waals surface area contributed by atoms with E-state index >= 15 is 0 Å². The van der Waals surface area contributed by atoms with Crippen molar-refractivity contribution in [3.8, 4) is 38.3 Å². The van der Waals surface area contributed by atoms with Gasteiger partial charge in [0, 0.05) is 46.8 Å². The smallest absolute Gasteiger partial charge is 0.148 e. The van der Waals surface area contributed by atoms with Crippen LogP contribution < -0.4 is 5.32 Å². The van der Waals surface area contributed by atoms with Crippen molar-refractivity contribution in [3.05, 3.63) is 64.5 Å². The molecule has 4 rings (SSSR count). The second-order valence-electron chi connectivity index (χ2n) is 5.86. The monoisotopic (exact) mass is 425 g/mol. The van der Waals surface area contributed by atoms with Crippen molar-refractivity contribution in [1.82, 2.24) is 15.0 Å². The third kappa shape index (κ3) is 3.25. The van der Waals surface area contributed by atoms with Gasteiger partial charge in [0.05, 0.1) is 15.3 Å². The van der Waals surface area contributed by atoms with E-state index < -0.39 is 0 Å². The maximum absolute atomic E-state index is 10.0. The molecule has 2 N–H and O–H groups in total. The van der Waals surface area contributed by atoms with Crippen LogP contribution in [0.3, 0.4) is 0 Å². The summed E-state index contributed by atoms with van der Waals surface area (Å²) in [5.74, 6) is 1.40. The Bertz CT molecular complexity index is 1190. The molecule has 0 atom stereocenters. The summed E-state index contributed by atoms with van der Waals surface area (Å²) in [6.07, 6.45) is 5.14. The van der Waals surface area contributed by atoms with Crippen molar-refractivity contribution in [2.45, 2.75) is 0 Å². The number of nitrogens with one attached hydrogen (secondary N) is 2. The maximum Gasteiger partial charge on any atom is 0.148 e.